The minimum Gasteiger partial charge on any atom is -0.366 e. The van der Waals surface area contributed by atoms with Crippen molar-refractivity contribution >= 4 is 0 Å². The molecule has 1 saturated carbocycles. The molecular formula is C16H25NO. The van der Waals surface area contributed by atoms with Crippen LogP contribution in [0.4, 0.5) is 0 Å². The van der Waals surface area contributed by atoms with Gasteiger partial charge in [0.25, 0.3) is 0 Å². The summed E-state index contributed by atoms with van der Waals surface area (Å²) in [6, 6.07) is 2.18. The standard InChI is InChI=1S/C16H25NO/c1-12(6-5-11-17)7-8-13-15(2,3)10-9-14-16(13,4)18-14/h6,13-14H,5,7-10H2,1-4H3/b12-6+/t13-,14+,16+/m1/s1. The van der Waals surface area contributed by atoms with Crippen LogP contribution in [-0.2, 0) is 4.74 Å². The van der Waals surface area contributed by atoms with Gasteiger partial charge in [0.1, 0.15) is 0 Å². The van der Waals surface area contributed by atoms with Crippen molar-refractivity contribution < 1.29 is 4.74 Å². The van der Waals surface area contributed by atoms with Gasteiger partial charge in [0.15, 0.2) is 0 Å². The Bertz CT molecular complexity index is 386. The van der Waals surface area contributed by atoms with E-state index in [9.17, 15) is 0 Å². The smallest absolute Gasteiger partial charge is 0.0953 e. The number of allylic oxidation sites excluding steroid dienone is 2. The molecule has 18 heavy (non-hydrogen) atoms. The molecule has 0 N–H and O–H groups in total. The zero-order chi connectivity index (χ0) is 13.4. The highest BCUT2D eigenvalue weighted by atomic mass is 16.6. The van der Waals surface area contributed by atoms with Gasteiger partial charge in [-0.15, -0.1) is 0 Å². The van der Waals surface area contributed by atoms with E-state index in [1.807, 2.05) is 0 Å². The Kier molecular flexibility index (Phi) is 3.56. The third-order valence-corrected chi connectivity index (χ3v) is 5.03. The van der Waals surface area contributed by atoms with Crippen molar-refractivity contribution in [2.45, 2.75) is 71.5 Å². The Hall–Kier alpha value is -0.810. The van der Waals surface area contributed by atoms with E-state index in [1.54, 1.807) is 0 Å². The predicted molar refractivity (Wildman–Crippen MR) is 73.0 cm³/mol. The van der Waals surface area contributed by atoms with Crippen LogP contribution in [0.2, 0.25) is 0 Å². The first-order chi connectivity index (χ1) is 8.40. The molecule has 1 aliphatic heterocycles. The Morgan fingerprint density at radius 2 is 2.17 bits per heavy atom. The Balaban J connectivity index is 1.97. The van der Waals surface area contributed by atoms with Crippen LogP contribution in [0.5, 0.6) is 0 Å². The molecule has 1 aliphatic carbocycles. The number of hydrogen-bond donors (Lipinski definition) is 0. The molecule has 0 aromatic heterocycles. The summed E-state index contributed by atoms with van der Waals surface area (Å²) < 4.78 is 5.96. The summed E-state index contributed by atoms with van der Waals surface area (Å²) in [6.07, 6.45) is 7.90. The van der Waals surface area contributed by atoms with Gasteiger partial charge in [0.2, 0.25) is 0 Å². The number of ether oxygens (including phenoxy) is 1. The van der Waals surface area contributed by atoms with E-state index in [2.05, 4.69) is 39.8 Å². The van der Waals surface area contributed by atoms with E-state index in [0.717, 1.165) is 6.42 Å². The van der Waals surface area contributed by atoms with E-state index >= 15 is 0 Å². The highest BCUT2D eigenvalue weighted by molar-refractivity contribution is 5.13. The lowest BCUT2D eigenvalue weighted by atomic mass is 9.62. The van der Waals surface area contributed by atoms with Crippen molar-refractivity contribution in [3.8, 4) is 6.07 Å². The van der Waals surface area contributed by atoms with Crippen LogP contribution in [0.1, 0.15) is 59.8 Å². The lowest BCUT2D eigenvalue weighted by Crippen LogP contribution is -2.40. The average molecular weight is 247 g/mol. The van der Waals surface area contributed by atoms with Crippen LogP contribution in [-0.4, -0.2) is 11.7 Å². The molecule has 0 aromatic carbocycles. The predicted octanol–water partition coefficient (Wildman–Crippen LogP) is 4.22. The summed E-state index contributed by atoms with van der Waals surface area (Å²) in [5, 5.41) is 8.59. The maximum Gasteiger partial charge on any atom is 0.0953 e. The highest BCUT2D eigenvalue weighted by Gasteiger charge is 2.63. The van der Waals surface area contributed by atoms with Gasteiger partial charge in [-0.1, -0.05) is 25.5 Å². The number of fused-ring (bicyclic) bond motifs is 1. The topological polar surface area (TPSA) is 36.3 Å². The van der Waals surface area contributed by atoms with E-state index < -0.39 is 0 Å². The molecule has 1 heterocycles. The molecule has 0 radical (unpaired) electrons. The summed E-state index contributed by atoms with van der Waals surface area (Å²) in [5.41, 5.74) is 1.87. The first-order valence-corrected chi connectivity index (χ1v) is 7.10. The highest BCUT2D eigenvalue weighted by Crippen LogP contribution is 2.59. The molecule has 1 saturated heterocycles. The Labute approximate surface area is 111 Å². The first kappa shape index (κ1) is 13.6. The molecule has 0 aromatic rings. The van der Waals surface area contributed by atoms with Crippen LogP contribution in [0, 0.1) is 22.7 Å². The minimum absolute atomic E-state index is 0.136. The molecule has 3 atom stereocenters. The zero-order valence-electron chi connectivity index (χ0n) is 12.1. The normalized spacial score (nSPS) is 37.8. The van der Waals surface area contributed by atoms with Gasteiger partial charge in [-0.3, -0.25) is 0 Å². The molecule has 100 valence electrons. The monoisotopic (exact) mass is 247 g/mol. The average Bonchev–Trinajstić information content (AvgIpc) is 2.96. The van der Waals surface area contributed by atoms with Crippen LogP contribution in [0.15, 0.2) is 11.6 Å². The van der Waals surface area contributed by atoms with Gasteiger partial charge in [-0.05, 0) is 50.9 Å². The quantitative estimate of drug-likeness (QED) is 0.551. The lowest BCUT2D eigenvalue weighted by molar-refractivity contribution is 0.0875. The number of nitrogens with zero attached hydrogens (tertiary/aromatic N) is 1. The number of epoxide rings is 1. The fourth-order valence-electron chi connectivity index (χ4n) is 3.75. The Morgan fingerprint density at radius 3 is 2.83 bits per heavy atom. The molecule has 2 aliphatic rings. The zero-order valence-corrected chi connectivity index (χ0v) is 12.1. The summed E-state index contributed by atoms with van der Waals surface area (Å²) in [7, 11) is 0. The minimum atomic E-state index is 0.136. The first-order valence-electron chi connectivity index (χ1n) is 7.10. The van der Waals surface area contributed by atoms with Crippen molar-refractivity contribution in [1.29, 1.82) is 5.26 Å². The van der Waals surface area contributed by atoms with E-state index in [-0.39, 0.29) is 5.60 Å². The van der Waals surface area contributed by atoms with Crippen LogP contribution >= 0.6 is 0 Å². The molecule has 0 spiro atoms. The van der Waals surface area contributed by atoms with Gasteiger partial charge in [-0.2, -0.15) is 5.26 Å². The van der Waals surface area contributed by atoms with Gasteiger partial charge < -0.3 is 4.74 Å². The number of hydrogen-bond acceptors (Lipinski definition) is 2. The third-order valence-electron chi connectivity index (χ3n) is 5.03. The third kappa shape index (κ3) is 2.47. The van der Waals surface area contributed by atoms with Gasteiger partial charge in [0, 0.05) is 0 Å². The van der Waals surface area contributed by atoms with Crippen molar-refractivity contribution in [3.63, 3.8) is 0 Å². The molecule has 2 rings (SSSR count). The second kappa shape index (κ2) is 4.70. The van der Waals surface area contributed by atoms with Gasteiger partial charge in [0.05, 0.1) is 24.2 Å². The maximum absolute atomic E-state index is 8.59. The summed E-state index contributed by atoms with van der Waals surface area (Å²) in [4.78, 5) is 0. The van der Waals surface area contributed by atoms with E-state index in [4.69, 9.17) is 10.00 Å². The fraction of sp³-hybridized carbons (Fsp3) is 0.812. The van der Waals surface area contributed by atoms with Crippen molar-refractivity contribution in [3.05, 3.63) is 11.6 Å². The van der Waals surface area contributed by atoms with Crippen molar-refractivity contribution in [1.82, 2.24) is 0 Å². The molecule has 0 unspecified atom stereocenters. The molecule has 0 bridgehead atoms. The fourth-order valence-corrected chi connectivity index (χ4v) is 3.75. The van der Waals surface area contributed by atoms with Crippen molar-refractivity contribution in [2.75, 3.05) is 0 Å². The molecule has 2 fully saturated rings. The van der Waals surface area contributed by atoms with Gasteiger partial charge in [-0.25, -0.2) is 0 Å². The van der Waals surface area contributed by atoms with E-state index in [0.29, 0.717) is 23.9 Å². The number of rotatable bonds is 4. The van der Waals surface area contributed by atoms with E-state index in [1.165, 1.54) is 24.8 Å². The molecule has 0 amide bonds. The SMILES string of the molecule is C/C(=C\CC#N)CC[C@@H]1C(C)(C)CC[C@@H]2O[C@]21C. The second-order valence-electron chi connectivity index (χ2n) is 6.82. The van der Waals surface area contributed by atoms with Crippen LogP contribution in [0.3, 0.4) is 0 Å². The largest absolute Gasteiger partial charge is 0.366 e. The van der Waals surface area contributed by atoms with Gasteiger partial charge >= 0.3 is 0 Å². The number of nitriles is 1. The van der Waals surface area contributed by atoms with Crippen LogP contribution < -0.4 is 0 Å². The molecule has 2 heteroatoms. The van der Waals surface area contributed by atoms with Crippen molar-refractivity contribution in [2.24, 2.45) is 11.3 Å². The summed E-state index contributed by atoms with van der Waals surface area (Å²) in [5.74, 6) is 0.647. The summed E-state index contributed by atoms with van der Waals surface area (Å²) in [6.45, 7) is 9.20. The maximum atomic E-state index is 8.59. The summed E-state index contributed by atoms with van der Waals surface area (Å²) >= 11 is 0. The Morgan fingerprint density at radius 1 is 1.44 bits per heavy atom. The lowest BCUT2D eigenvalue weighted by Gasteiger charge is -2.40. The molecular weight excluding hydrogens is 222 g/mol. The second-order valence-corrected chi connectivity index (χ2v) is 6.82. The van der Waals surface area contributed by atoms with Crippen LogP contribution in [0.25, 0.3) is 0 Å². The molecule has 2 nitrogen and oxygen atoms in total.